The highest BCUT2D eigenvalue weighted by Crippen LogP contribution is 2.20. The maximum absolute atomic E-state index is 12.3. The van der Waals surface area contributed by atoms with Crippen molar-refractivity contribution in [2.45, 2.75) is 37.8 Å². The molecule has 0 spiro atoms. The highest BCUT2D eigenvalue weighted by Gasteiger charge is 2.26. The molecule has 1 N–H and O–H groups in total. The minimum Gasteiger partial charge on any atom is -0.481 e. The predicted molar refractivity (Wildman–Crippen MR) is 82.8 cm³/mol. The minimum atomic E-state index is -1.03. The van der Waals surface area contributed by atoms with E-state index in [-0.39, 0.29) is 18.5 Å². The molecule has 0 heterocycles. The molecule has 0 aliphatic carbocycles. The first-order valence-electron chi connectivity index (χ1n) is 6.68. The number of aliphatic carboxylic acids is 1. The van der Waals surface area contributed by atoms with Gasteiger partial charge in [-0.2, -0.15) is 0 Å². The number of ether oxygens (including phenoxy) is 1. The Kier molecular flexibility index (Phi) is 6.55. The van der Waals surface area contributed by atoms with E-state index in [1.54, 1.807) is 44.7 Å². The minimum absolute atomic E-state index is 0.196. The van der Waals surface area contributed by atoms with Gasteiger partial charge < -0.3 is 14.7 Å². The van der Waals surface area contributed by atoms with Crippen LogP contribution in [-0.4, -0.2) is 46.8 Å². The van der Waals surface area contributed by atoms with Crippen molar-refractivity contribution in [3.8, 4) is 5.75 Å². The molecule has 6 heteroatoms. The molecule has 0 aromatic heterocycles. The molecule has 116 valence electrons. The number of carboxylic acids is 1. The number of benzene rings is 1. The first-order chi connectivity index (χ1) is 9.85. The largest absolute Gasteiger partial charge is 0.481 e. The molecule has 0 saturated heterocycles. The smallest absolute Gasteiger partial charge is 0.323 e. The van der Waals surface area contributed by atoms with Gasteiger partial charge in [-0.3, -0.25) is 9.59 Å². The van der Waals surface area contributed by atoms with Gasteiger partial charge in [-0.25, -0.2) is 0 Å². The van der Waals surface area contributed by atoms with Crippen molar-refractivity contribution in [3.05, 3.63) is 24.3 Å². The monoisotopic (exact) mass is 311 g/mol. The van der Waals surface area contributed by atoms with Gasteiger partial charge in [-0.05, 0) is 51.3 Å². The lowest BCUT2D eigenvalue weighted by Crippen LogP contribution is -2.46. The van der Waals surface area contributed by atoms with E-state index >= 15 is 0 Å². The number of amides is 1. The third kappa shape index (κ3) is 5.30. The molecule has 21 heavy (non-hydrogen) atoms. The summed E-state index contributed by atoms with van der Waals surface area (Å²) in [5, 5.41) is 8.87. The summed E-state index contributed by atoms with van der Waals surface area (Å²) in [7, 11) is 0. The number of carboxylic acid groups (broad SMARTS) is 1. The van der Waals surface area contributed by atoms with Gasteiger partial charge in [0.05, 0.1) is 0 Å². The Bertz CT molecular complexity index is 487. The maximum Gasteiger partial charge on any atom is 0.323 e. The average Bonchev–Trinajstić information content (AvgIpc) is 2.44. The van der Waals surface area contributed by atoms with Crippen LogP contribution in [0.1, 0.15) is 20.8 Å². The van der Waals surface area contributed by atoms with Crippen LogP contribution in [0.2, 0.25) is 0 Å². The molecule has 1 atom stereocenters. The van der Waals surface area contributed by atoms with Gasteiger partial charge in [0.2, 0.25) is 0 Å². The standard InChI is InChI=1S/C15H21NO4S/c1-10(2)16(9-14(17)18)15(19)11(3)20-12-5-7-13(21-4)8-6-12/h5-8,10-11H,9H2,1-4H3,(H,17,18). The van der Waals surface area contributed by atoms with Crippen LogP contribution in [0.25, 0.3) is 0 Å². The molecule has 1 rings (SSSR count). The van der Waals surface area contributed by atoms with Gasteiger partial charge >= 0.3 is 5.97 Å². The number of carbonyl (C=O) groups excluding carboxylic acids is 1. The molecule has 0 aliphatic rings. The third-order valence-electron chi connectivity index (χ3n) is 2.93. The molecule has 0 radical (unpaired) electrons. The van der Waals surface area contributed by atoms with E-state index in [1.807, 2.05) is 18.4 Å². The fraction of sp³-hybridized carbons (Fsp3) is 0.467. The number of carbonyl (C=O) groups is 2. The highest BCUT2D eigenvalue weighted by atomic mass is 32.2. The van der Waals surface area contributed by atoms with E-state index in [4.69, 9.17) is 9.84 Å². The number of hydrogen-bond donors (Lipinski definition) is 1. The number of thioether (sulfide) groups is 1. The SMILES string of the molecule is CSc1ccc(OC(C)C(=O)N(CC(=O)O)C(C)C)cc1. The van der Waals surface area contributed by atoms with Crippen LogP contribution in [0.3, 0.4) is 0 Å². The van der Waals surface area contributed by atoms with Crippen molar-refractivity contribution in [2.24, 2.45) is 0 Å². The predicted octanol–water partition coefficient (Wildman–Crippen LogP) is 2.50. The Morgan fingerprint density at radius 3 is 2.24 bits per heavy atom. The summed E-state index contributed by atoms with van der Waals surface area (Å²) in [5.74, 6) is -0.775. The molecular weight excluding hydrogens is 290 g/mol. The molecule has 1 amide bonds. The third-order valence-corrected chi connectivity index (χ3v) is 3.68. The normalized spacial score (nSPS) is 12.0. The van der Waals surface area contributed by atoms with Crippen LogP contribution in [0.5, 0.6) is 5.75 Å². The molecule has 0 aliphatic heterocycles. The zero-order valence-corrected chi connectivity index (χ0v) is 13.5. The zero-order chi connectivity index (χ0) is 16.0. The Balaban J connectivity index is 2.73. The van der Waals surface area contributed by atoms with Crippen LogP contribution in [0.4, 0.5) is 0 Å². The average molecular weight is 311 g/mol. The summed E-state index contributed by atoms with van der Waals surface area (Å²) < 4.78 is 5.59. The fourth-order valence-corrected chi connectivity index (χ4v) is 2.21. The Morgan fingerprint density at radius 2 is 1.81 bits per heavy atom. The summed E-state index contributed by atoms with van der Waals surface area (Å²) in [4.78, 5) is 25.5. The van der Waals surface area contributed by atoms with Gasteiger partial charge in [-0.1, -0.05) is 0 Å². The lowest BCUT2D eigenvalue weighted by Gasteiger charge is -2.28. The van der Waals surface area contributed by atoms with Gasteiger partial charge in [0.25, 0.3) is 5.91 Å². The lowest BCUT2D eigenvalue weighted by atomic mass is 10.2. The maximum atomic E-state index is 12.3. The van der Waals surface area contributed by atoms with Crippen LogP contribution < -0.4 is 4.74 Å². The number of nitrogens with zero attached hydrogens (tertiary/aromatic N) is 1. The van der Waals surface area contributed by atoms with Gasteiger partial charge in [0.15, 0.2) is 6.10 Å². The molecule has 1 aromatic rings. The van der Waals surface area contributed by atoms with E-state index < -0.39 is 12.1 Å². The Labute approximate surface area is 129 Å². The van der Waals surface area contributed by atoms with Gasteiger partial charge in [0.1, 0.15) is 12.3 Å². The van der Waals surface area contributed by atoms with Crippen molar-refractivity contribution in [1.29, 1.82) is 0 Å². The van der Waals surface area contributed by atoms with Crippen molar-refractivity contribution in [1.82, 2.24) is 4.90 Å². The summed E-state index contributed by atoms with van der Waals surface area (Å²) in [5.41, 5.74) is 0. The van der Waals surface area contributed by atoms with Crippen molar-refractivity contribution in [2.75, 3.05) is 12.8 Å². The molecule has 1 unspecified atom stereocenters. The van der Waals surface area contributed by atoms with Crippen molar-refractivity contribution < 1.29 is 19.4 Å². The Hall–Kier alpha value is -1.69. The second-order valence-corrected chi connectivity index (χ2v) is 5.77. The first-order valence-corrected chi connectivity index (χ1v) is 7.90. The van der Waals surface area contributed by atoms with E-state index in [2.05, 4.69) is 0 Å². The molecule has 0 bridgehead atoms. The van der Waals surface area contributed by atoms with Crippen LogP contribution >= 0.6 is 11.8 Å². The van der Waals surface area contributed by atoms with E-state index in [0.29, 0.717) is 5.75 Å². The Morgan fingerprint density at radius 1 is 1.24 bits per heavy atom. The summed E-state index contributed by atoms with van der Waals surface area (Å²) in [6.07, 6.45) is 1.25. The molecule has 5 nitrogen and oxygen atoms in total. The second kappa shape index (κ2) is 7.93. The summed E-state index contributed by atoms with van der Waals surface area (Å²) in [6.45, 7) is 4.86. The molecule has 0 fully saturated rings. The van der Waals surface area contributed by atoms with Gasteiger partial charge in [-0.15, -0.1) is 11.8 Å². The fourth-order valence-electron chi connectivity index (χ4n) is 1.80. The summed E-state index contributed by atoms with van der Waals surface area (Å²) in [6, 6.07) is 7.22. The molecular formula is C15H21NO4S. The van der Waals surface area contributed by atoms with E-state index in [1.165, 1.54) is 4.90 Å². The van der Waals surface area contributed by atoms with Crippen LogP contribution in [-0.2, 0) is 9.59 Å². The van der Waals surface area contributed by atoms with Crippen molar-refractivity contribution >= 4 is 23.6 Å². The van der Waals surface area contributed by atoms with Crippen molar-refractivity contribution in [3.63, 3.8) is 0 Å². The number of rotatable bonds is 7. The lowest BCUT2D eigenvalue weighted by molar-refractivity contribution is -0.149. The second-order valence-electron chi connectivity index (χ2n) is 4.89. The van der Waals surface area contributed by atoms with Crippen LogP contribution in [0, 0.1) is 0 Å². The highest BCUT2D eigenvalue weighted by molar-refractivity contribution is 7.98. The van der Waals surface area contributed by atoms with Gasteiger partial charge in [0, 0.05) is 10.9 Å². The quantitative estimate of drug-likeness (QED) is 0.784. The first kappa shape index (κ1) is 17.4. The number of hydrogen-bond acceptors (Lipinski definition) is 4. The topological polar surface area (TPSA) is 66.8 Å². The summed E-state index contributed by atoms with van der Waals surface area (Å²) >= 11 is 1.62. The zero-order valence-electron chi connectivity index (χ0n) is 12.7. The van der Waals surface area contributed by atoms with E-state index in [0.717, 1.165) is 4.90 Å². The van der Waals surface area contributed by atoms with Crippen LogP contribution in [0.15, 0.2) is 29.2 Å². The molecule has 0 saturated carbocycles. The van der Waals surface area contributed by atoms with E-state index in [9.17, 15) is 9.59 Å². The molecule has 1 aromatic carbocycles.